The van der Waals surface area contributed by atoms with Gasteiger partial charge in [0, 0.05) is 12.5 Å². The molecule has 406 valence electrons. The molecule has 0 radical (unpaired) electrons. The molecule has 1 N–H and O–H groups in total. The number of hydrogen-bond donors (Lipinski definition) is 1. The van der Waals surface area contributed by atoms with Crippen LogP contribution in [0.2, 0.25) is 0 Å². The number of hydrogen-bond acceptors (Lipinski definition) is 15. The number of carbonyl (C=O) groups is 1. The minimum atomic E-state index is -0.454. The third kappa shape index (κ3) is 29.8. The largest absolute Gasteiger partial charge is 0.491 e. The second-order valence-electron chi connectivity index (χ2n) is 17.0. The molecule has 3 aromatic rings. The van der Waals surface area contributed by atoms with Gasteiger partial charge in [-0.2, -0.15) is 0 Å². The fourth-order valence-electron chi connectivity index (χ4n) is 7.65. The Balaban J connectivity index is 0.748. The standard InChI is InChI=1S/C56H87NO15/c1-2-3-4-5-6-7-8-13-49-18-20-50(21-19-49)71-47-46-70-45-44-69-43-42-68-41-40-67-39-38-66-37-36-65-35-34-64-33-32-63-31-30-62-29-28-61-27-26-60-25-24-59-23-22-57-56(58)72-48-55-53-16-11-9-14-51(53)52-15-10-12-17-54(52)55/h9-12,14-21,55H,2-8,13,22-48H2,1H3,(H,57,58). The lowest BCUT2D eigenvalue weighted by Gasteiger charge is -2.14. The summed E-state index contributed by atoms with van der Waals surface area (Å²) in [4.78, 5) is 12.3. The van der Waals surface area contributed by atoms with Crippen molar-refractivity contribution in [3.8, 4) is 16.9 Å². The zero-order valence-corrected chi connectivity index (χ0v) is 43.4. The summed E-state index contributed by atoms with van der Waals surface area (Å²) >= 11 is 0. The molecular formula is C56H87NO15. The molecule has 3 aromatic carbocycles. The van der Waals surface area contributed by atoms with Gasteiger partial charge in [0.15, 0.2) is 0 Å². The number of benzene rings is 3. The normalized spacial score (nSPS) is 12.1. The fraction of sp³-hybridized carbons (Fsp3) is 0.661. The Hall–Kier alpha value is -3.75. The quantitative estimate of drug-likeness (QED) is 0.0541. The predicted molar refractivity (Wildman–Crippen MR) is 277 cm³/mol. The molecule has 16 heteroatoms. The van der Waals surface area contributed by atoms with Gasteiger partial charge in [0.1, 0.15) is 19.0 Å². The number of ether oxygens (including phenoxy) is 14. The van der Waals surface area contributed by atoms with Crippen LogP contribution in [0.25, 0.3) is 11.1 Å². The van der Waals surface area contributed by atoms with E-state index in [2.05, 4.69) is 60.8 Å². The second-order valence-corrected chi connectivity index (χ2v) is 17.0. The summed E-state index contributed by atoms with van der Waals surface area (Å²) in [5.41, 5.74) is 6.14. The van der Waals surface area contributed by atoms with E-state index in [1.54, 1.807) is 0 Å². The molecule has 0 bridgehead atoms. The third-order valence-electron chi connectivity index (χ3n) is 11.4. The molecule has 1 aliphatic rings. The van der Waals surface area contributed by atoms with Gasteiger partial charge in [0.25, 0.3) is 0 Å². The Labute approximate surface area is 430 Å². The Morgan fingerprint density at radius 3 is 1.15 bits per heavy atom. The topological polar surface area (TPSA) is 158 Å². The number of aryl methyl sites for hydroxylation is 1. The Bertz CT molecular complexity index is 1670. The van der Waals surface area contributed by atoms with Crippen LogP contribution in [0, 0.1) is 0 Å². The maximum Gasteiger partial charge on any atom is 0.407 e. The third-order valence-corrected chi connectivity index (χ3v) is 11.4. The summed E-state index contributed by atoms with van der Waals surface area (Å²) in [5, 5.41) is 2.75. The number of unbranched alkanes of at least 4 members (excludes halogenated alkanes) is 6. The van der Waals surface area contributed by atoms with Gasteiger partial charge in [-0.05, 0) is 52.8 Å². The highest BCUT2D eigenvalue weighted by Gasteiger charge is 2.29. The Morgan fingerprint density at radius 1 is 0.403 bits per heavy atom. The zero-order chi connectivity index (χ0) is 50.5. The van der Waals surface area contributed by atoms with E-state index >= 15 is 0 Å². The van der Waals surface area contributed by atoms with Crippen LogP contribution in [0.1, 0.15) is 74.5 Å². The summed E-state index contributed by atoms with van der Waals surface area (Å²) in [5.74, 6) is 0.915. The van der Waals surface area contributed by atoms with Gasteiger partial charge >= 0.3 is 6.09 Å². The number of nitrogens with one attached hydrogen (secondary N) is 1. The summed E-state index contributed by atoms with van der Waals surface area (Å²) in [6.07, 6.45) is 10.0. The van der Waals surface area contributed by atoms with Crippen LogP contribution in [-0.2, 0) is 68.0 Å². The molecule has 1 amide bonds. The monoisotopic (exact) mass is 1010 g/mol. The van der Waals surface area contributed by atoms with Gasteiger partial charge in [-0.1, -0.05) is 106 Å². The van der Waals surface area contributed by atoms with Crippen LogP contribution >= 0.6 is 0 Å². The van der Waals surface area contributed by atoms with Gasteiger partial charge in [-0.15, -0.1) is 0 Å². The molecule has 72 heavy (non-hydrogen) atoms. The van der Waals surface area contributed by atoms with Crippen molar-refractivity contribution in [1.82, 2.24) is 5.32 Å². The number of carbonyl (C=O) groups excluding carboxylic acids is 1. The molecule has 0 unspecified atom stereocenters. The lowest BCUT2D eigenvalue weighted by atomic mass is 9.98. The molecule has 0 aromatic heterocycles. The number of rotatable bonds is 50. The molecule has 0 spiro atoms. The van der Waals surface area contributed by atoms with Crippen molar-refractivity contribution in [3.05, 3.63) is 89.5 Å². The molecule has 0 saturated heterocycles. The van der Waals surface area contributed by atoms with Crippen molar-refractivity contribution in [2.24, 2.45) is 0 Å². The van der Waals surface area contributed by atoms with E-state index in [0.717, 1.165) is 12.2 Å². The first kappa shape index (κ1) is 60.8. The summed E-state index contributed by atoms with van der Waals surface area (Å²) in [6.45, 7) is 15.0. The van der Waals surface area contributed by atoms with Gasteiger partial charge in [-0.3, -0.25) is 0 Å². The van der Waals surface area contributed by atoms with Crippen LogP contribution in [0.5, 0.6) is 5.75 Å². The van der Waals surface area contributed by atoms with E-state index in [4.69, 9.17) is 66.3 Å². The summed E-state index contributed by atoms with van der Waals surface area (Å²) in [7, 11) is 0. The van der Waals surface area contributed by atoms with Gasteiger partial charge in [-0.25, -0.2) is 4.79 Å². The molecule has 0 fully saturated rings. The summed E-state index contributed by atoms with van der Waals surface area (Å²) in [6, 6.07) is 25.0. The van der Waals surface area contributed by atoms with Crippen molar-refractivity contribution in [2.45, 2.75) is 64.2 Å². The summed E-state index contributed by atoms with van der Waals surface area (Å²) < 4.78 is 77.9. The minimum Gasteiger partial charge on any atom is -0.491 e. The van der Waals surface area contributed by atoms with E-state index in [-0.39, 0.29) is 12.5 Å². The minimum absolute atomic E-state index is 0.0329. The van der Waals surface area contributed by atoms with E-state index in [1.165, 1.54) is 72.8 Å². The first-order valence-electron chi connectivity index (χ1n) is 26.5. The van der Waals surface area contributed by atoms with Gasteiger partial charge < -0.3 is 71.6 Å². The van der Waals surface area contributed by atoms with Crippen LogP contribution in [0.3, 0.4) is 0 Å². The maximum absolute atomic E-state index is 12.3. The number of amides is 1. The lowest BCUT2D eigenvalue weighted by Crippen LogP contribution is -2.29. The highest BCUT2D eigenvalue weighted by atomic mass is 16.6. The van der Waals surface area contributed by atoms with Crippen molar-refractivity contribution in [1.29, 1.82) is 0 Å². The SMILES string of the molecule is CCCCCCCCCc1ccc(OCCOCCOCCOCCOCCOCCOCCOCCOCCOCCOCCOCCOCCNC(=O)OCC2c3ccccc3-c3ccccc32)cc1. The average Bonchev–Trinajstić information content (AvgIpc) is 3.73. The second kappa shape index (κ2) is 43.6. The molecule has 0 atom stereocenters. The van der Waals surface area contributed by atoms with Crippen LogP contribution in [-0.4, -0.2) is 184 Å². The Morgan fingerprint density at radius 2 is 0.750 bits per heavy atom. The van der Waals surface area contributed by atoms with Gasteiger partial charge in [0.2, 0.25) is 0 Å². The highest BCUT2D eigenvalue weighted by molar-refractivity contribution is 5.79. The first-order valence-corrected chi connectivity index (χ1v) is 26.5. The fourth-order valence-corrected chi connectivity index (χ4v) is 7.65. The van der Waals surface area contributed by atoms with Crippen LogP contribution in [0.4, 0.5) is 4.79 Å². The highest BCUT2D eigenvalue weighted by Crippen LogP contribution is 2.44. The number of fused-ring (bicyclic) bond motifs is 3. The molecule has 0 heterocycles. The lowest BCUT2D eigenvalue weighted by molar-refractivity contribution is -0.0285. The molecule has 0 saturated carbocycles. The van der Waals surface area contributed by atoms with Crippen molar-refractivity contribution < 1.29 is 71.1 Å². The van der Waals surface area contributed by atoms with E-state index in [9.17, 15) is 4.79 Å². The Kier molecular flexibility index (Phi) is 36.8. The number of alkyl carbamates (subject to hydrolysis) is 1. The molecule has 1 aliphatic carbocycles. The van der Waals surface area contributed by atoms with Gasteiger partial charge in [0.05, 0.1) is 159 Å². The van der Waals surface area contributed by atoms with Crippen LogP contribution in [0.15, 0.2) is 72.8 Å². The molecule has 16 nitrogen and oxygen atoms in total. The van der Waals surface area contributed by atoms with E-state index in [1.807, 2.05) is 24.3 Å². The predicted octanol–water partition coefficient (Wildman–Crippen LogP) is 8.10. The van der Waals surface area contributed by atoms with E-state index < -0.39 is 6.09 Å². The van der Waals surface area contributed by atoms with Crippen molar-refractivity contribution >= 4 is 6.09 Å². The van der Waals surface area contributed by atoms with Crippen LogP contribution < -0.4 is 10.1 Å². The molecular weight excluding hydrogens is 927 g/mol. The molecule has 4 rings (SSSR count). The van der Waals surface area contributed by atoms with Crippen molar-refractivity contribution in [3.63, 3.8) is 0 Å². The maximum atomic E-state index is 12.3. The first-order chi connectivity index (χ1) is 35.8. The van der Waals surface area contributed by atoms with E-state index in [0.29, 0.717) is 172 Å². The smallest absolute Gasteiger partial charge is 0.407 e. The zero-order valence-electron chi connectivity index (χ0n) is 43.4. The molecule has 0 aliphatic heterocycles. The average molecular weight is 1010 g/mol. The van der Waals surface area contributed by atoms with Crippen molar-refractivity contribution in [2.75, 3.05) is 178 Å².